The van der Waals surface area contributed by atoms with Crippen LogP contribution in [0.2, 0.25) is 5.02 Å². The van der Waals surface area contributed by atoms with Crippen molar-refractivity contribution in [2.75, 3.05) is 44.2 Å². The third-order valence-corrected chi connectivity index (χ3v) is 4.37. The number of rotatable bonds is 3. The second-order valence-electron chi connectivity index (χ2n) is 5.47. The Hall–Kier alpha value is -1.94. The molecule has 2 aromatic rings. The number of aliphatic hydroxyl groups is 1. The van der Waals surface area contributed by atoms with E-state index in [4.69, 9.17) is 16.7 Å². The number of halogens is 2. The molecule has 1 aliphatic rings. The van der Waals surface area contributed by atoms with E-state index in [9.17, 15) is 9.65 Å². The largest absolute Gasteiger partial charge is 0.395 e. The van der Waals surface area contributed by atoms with Gasteiger partial charge in [-0.3, -0.25) is 9.88 Å². The summed E-state index contributed by atoms with van der Waals surface area (Å²) in [6.45, 7) is 3.71. The molecule has 7 heteroatoms. The van der Waals surface area contributed by atoms with Crippen molar-refractivity contribution in [3.05, 3.63) is 34.7 Å². The lowest BCUT2D eigenvalue weighted by molar-refractivity contribution is 0.189. The van der Waals surface area contributed by atoms with E-state index in [1.807, 2.05) is 0 Å². The number of hydrogen-bond donors (Lipinski definition) is 1. The van der Waals surface area contributed by atoms with Crippen molar-refractivity contribution in [2.45, 2.75) is 0 Å². The zero-order chi connectivity index (χ0) is 16.4. The van der Waals surface area contributed by atoms with Gasteiger partial charge in [-0.05, 0) is 12.1 Å². The molecule has 0 bridgehead atoms. The Labute approximate surface area is 138 Å². The van der Waals surface area contributed by atoms with Crippen LogP contribution in [0.15, 0.2) is 18.3 Å². The van der Waals surface area contributed by atoms with Gasteiger partial charge in [-0.25, -0.2) is 4.39 Å². The molecule has 23 heavy (non-hydrogen) atoms. The van der Waals surface area contributed by atoms with Crippen LogP contribution in [-0.4, -0.2) is 54.3 Å². The van der Waals surface area contributed by atoms with Crippen molar-refractivity contribution in [1.82, 2.24) is 9.88 Å². The first kappa shape index (κ1) is 15.9. The lowest BCUT2D eigenvalue weighted by atomic mass is 10.1. The first-order valence-electron chi connectivity index (χ1n) is 7.40. The van der Waals surface area contributed by atoms with Gasteiger partial charge in [-0.15, -0.1) is 0 Å². The van der Waals surface area contributed by atoms with Gasteiger partial charge in [-0.2, -0.15) is 5.26 Å². The number of benzene rings is 1. The van der Waals surface area contributed by atoms with Crippen LogP contribution in [0, 0.1) is 17.1 Å². The Morgan fingerprint density at radius 3 is 2.70 bits per heavy atom. The summed E-state index contributed by atoms with van der Waals surface area (Å²) in [5.74, 6) is -0.445. The van der Waals surface area contributed by atoms with Gasteiger partial charge in [0.1, 0.15) is 11.9 Å². The minimum absolute atomic E-state index is 0.127. The molecule has 2 heterocycles. The number of β-amino-alcohol motifs (C(OH)–C–C–N with tert-alkyl or cyclic N) is 1. The van der Waals surface area contributed by atoms with Crippen molar-refractivity contribution < 1.29 is 9.50 Å². The van der Waals surface area contributed by atoms with Crippen LogP contribution in [-0.2, 0) is 0 Å². The van der Waals surface area contributed by atoms with E-state index >= 15 is 0 Å². The minimum atomic E-state index is -0.445. The van der Waals surface area contributed by atoms with Crippen molar-refractivity contribution in [2.24, 2.45) is 0 Å². The summed E-state index contributed by atoms with van der Waals surface area (Å²) in [5, 5.41) is 19.2. The summed E-state index contributed by atoms with van der Waals surface area (Å²) < 4.78 is 13.8. The fraction of sp³-hybridized carbons (Fsp3) is 0.375. The molecule has 0 spiro atoms. The Morgan fingerprint density at radius 2 is 2.04 bits per heavy atom. The van der Waals surface area contributed by atoms with Gasteiger partial charge in [0, 0.05) is 44.3 Å². The Balaban J connectivity index is 2.04. The number of pyridine rings is 1. The summed E-state index contributed by atoms with van der Waals surface area (Å²) in [6.07, 6.45) is 1.49. The predicted molar refractivity (Wildman–Crippen MR) is 87.2 cm³/mol. The highest BCUT2D eigenvalue weighted by Gasteiger charge is 2.22. The lowest BCUT2D eigenvalue weighted by Crippen LogP contribution is -2.47. The zero-order valence-corrected chi connectivity index (χ0v) is 13.2. The second kappa shape index (κ2) is 6.67. The summed E-state index contributed by atoms with van der Waals surface area (Å²) in [7, 11) is 0. The third-order valence-electron chi connectivity index (χ3n) is 4.09. The van der Waals surface area contributed by atoms with Crippen LogP contribution in [0.25, 0.3) is 10.9 Å². The topological polar surface area (TPSA) is 63.4 Å². The first-order valence-corrected chi connectivity index (χ1v) is 7.78. The molecule has 1 N–H and O–H groups in total. The molecule has 1 aromatic heterocycles. The average molecular weight is 335 g/mol. The Morgan fingerprint density at radius 1 is 1.30 bits per heavy atom. The lowest BCUT2D eigenvalue weighted by Gasteiger charge is -2.36. The van der Waals surface area contributed by atoms with Crippen LogP contribution in [0.4, 0.5) is 10.1 Å². The van der Waals surface area contributed by atoms with Crippen LogP contribution < -0.4 is 4.90 Å². The van der Waals surface area contributed by atoms with E-state index in [-0.39, 0.29) is 11.6 Å². The van der Waals surface area contributed by atoms with Crippen LogP contribution >= 0.6 is 11.6 Å². The van der Waals surface area contributed by atoms with Gasteiger partial charge >= 0.3 is 0 Å². The number of piperazine rings is 1. The van der Waals surface area contributed by atoms with Gasteiger partial charge < -0.3 is 10.0 Å². The fourth-order valence-corrected chi connectivity index (χ4v) is 3.23. The maximum Gasteiger partial charge on any atom is 0.125 e. The number of aliphatic hydroxyl groups excluding tert-OH is 1. The number of anilines is 1. The maximum absolute atomic E-state index is 13.8. The predicted octanol–water partition coefficient (Wildman–Crippen LogP) is 2.01. The molecule has 1 aromatic carbocycles. The normalized spacial score (nSPS) is 15.8. The number of aromatic nitrogens is 1. The fourth-order valence-electron chi connectivity index (χ4n) is 2.97. The number of nitriles is 1. The smallest absolute Gasteiger partial charge is 0.125 e. The van der Waals surface area contributed by atoms with Crippen LogP contribution in [0.5, 0.6) is 0 Å². The molecule has 0 amide bonds. The van der Waals surface area contributed by atoms with Crippen LogP contribution in [0.3, 0.4) is 0 Å². The van der Waals surface area contributed by atoms with E-state index < -0.39 is 5.82 Å². The molecule has 0 unspecified atom stereocenters. The first-order chi connectivity index (χ1) is 11.1. The summed E-state index contributed by atoms with van der Waals surface area (Å²) >= 11 is 6.09. The van der Waals surface area contributed by atoms with E-state index in [0.29, 0.717) is 41.8 Å². The molecule has 0 aliphatic carbocycles. The Bertz CT molecular complexity index is 769. The quantitative estimate of drug-likeness (QED) is 0.930. The molecular weight excluding hydrogens is 319 g/mol. The van der Waals surface area contributed by atoms with E-state index in [1.165, 1.54) is 18.3 Å². The van der Waals surface area contributed by atoms with Gasteiger partial charge in [0.05, 0.1) is 28.4 Å². The van der Waals surface area contributed by atoms with Gasteiger partial charge in [0.2, 0.25) is 0 Å². The molecule has 0 radical (unpaired) electrons. The summed E-state index contributed by atoms with van der Waals surface area (Å²) in [4.78, 5) is 8.42. The molecule has 1 saturated heterocycles. The number of fused-ring (bicyclic) bond motifs is 1. The van der Waals surface area contributed by atoms with Gasteiger partial charge in [0.25, 0.3) is 0 Å². The number of nitrogens with zero attached hydrogens (tertiary/aromatic N) is 4. The molecular formula is C16H16ClFN4O. The standard InChI is InChI=1S/C16H16ClFN4O/c17-14-8-12(18)7-13-15(14)20-10-11(9-19)16(13)22-3-1-21(2-4-22)5-6-23/h7-8,10,23H,1-6H2. The highest BCUT2D eigenvalue weighted by atomic mass is 35.5. The van der Waals surface area contributed by atoms with Gasteiger partial charge in [-0.1, -0.05) is 11.6 Å². The summed E-state index contributed by atoms with van der Waals surface area (Å²) in [6, 6.07) is 4.74. The number of hydrogen-bond acceptors (Lipinski definition) is 5. The average Bonchev–Trinajstić information content (AvgIpc) is 2.55. The minimum Gasteiger partial charge on any atom is -0.395 e. The molecule has 5 nitrogen and oxygen atoms in total. The van der Waals surface area contributed by atoms with Crippen molar-refractivity contribution in [3.8, 4) is 6.07 Å². The molecule has 3 rings (SSSR count). The van der Waals surface area contributed by atoms with Gasteiger partial charge in [0.15, 0.2) is 0 Å². The molecule has 120 valence electrons. The van der Waals surface area contributed by atoms with Crippen LogP contribution in [0.1, 0.15) is 5.56 Å². The molecule has 1 fully saturated rings. The van der Waals surface area contributed by atoms with Crippen molar-refractivity contribution in [1.29, 1.82) is 5.26 Å². The molecule has 1 aliphatic heterocycles. The van der Waals surface area contributed by atoms with E-state index in [1.54, 1.807) is 0 Å². The Kier molecular flexibility index (Phi) is 4.62. The zero-order valence-electron chi connectivity index (χ0n) is 12.5. The molecule has 0 saturated carbocycles. The highest BCUT2D eigenvalue weighted by molar-refractivity contribution is 6.35. The highest BCUT2D eigenvalue weighted by Crippen LogP contribution is 2.34. The molecule has 0 atom stereocenters. The summed E-state index contributed by atoms with van der Waals surface area (Å²) in [5.41, 5.74) is 1.59. The third kappa shape index (κ3) is 3.08. The van der Waals surface area contributed by atoms with Crippen molar-refractivity contribution in [3.63, 3.8) is 0 Å². The maximum atomic E-state index is 13.8. The second-order valence-corrected chi connectivity index (χ2v) is 5.88. The van der Waals surface area contributed by atoms with Crippen molar-refractivity contribution >= 4 is 28.2 Å². The van der Waals surface area contributed by atoms with E-state index in [2.05, 4.69) is 20.9 Å². The van der Waals surface area contributed by atoms with E-state index in [0.717, 1.165) is 13.1 Å². The SMILES string of the molecule is N#Cc1cnc2c(Cl)cc(F)cc2c1N1CCN(CCO)CC1. The monoisotopic (exact) mass is 334 g/mol.